The van der Waals surface area contributed by atoms with E-state index in [2.05, 4.69) is 4.74 Å². The molecule has 0 bridgehead atoms. The molecular weight excluding hydrogens is 115 g/mol. The number of rotatable bonds is 1. The van der Waals surface area contributed by atoms with Crippen LogP contribution in [0.15, 0.2) is 0 Å². The lowest BCUT2D eigenvalue weighted by molar-refractivity contribution is 0.319. The summed E-state index contributed by atoms with van der Waals surface area (Å²) < 4.78 is 4.40. The van der Waals surface area contributed by atoms with Crippen molar-refractivity contribution in [1.29, 1.82) is 5.41 Å². The molecular formula is C3H9ClN2O. The van der Waals surface area contributed by atoms with Crippen LogP contribution < -0.4 is 5.73 Å². The maximum absolute atomic E-state index is 6.45. The lowest BCUT2D eigenvalue weighted by Crippen LogP contribution is -2.13. The van der Waals surface area contributed by atoms with Crippen molar-refractivity contribution in [3.05, 3.63) is 0 Å². The third-order valence-electron chi connectivity index (χ3n) is 0.300. The highest BCUT2D eigenvalue weighted by Gasteiger charge is 1.76. The number of hydrogen-bond donors (Lipinski definition) is 2. The van der Waals surface area contributed by atoms with Crippen LogP contribution in [0.5, 0.6) is 0 Å². The number of halogens is 1. The molecule has 0 aliphatic rings. The van der Waals surface area contributed by atoms with Crippen LogP contribution in [-0.4, -0.2) is 12.6 Å². The van der Waals surface area contributed by atoms with Gasteiger partial charge in [0.1, 0.15) is 0 Å². The summed E-state index contributed by atoms with van der Waals surface area (Å²) >= 11 is 0. The van der Waals surface area contributed by atoms with E-state index in [0.717, 1.165) is 0 Å². The summed E-state index contributed by atoms with van der Waals surface area (Å²) in [6, 6.07) is -0.211. The van der Waals surface area contributed by atoms with Crippen LogP contribution in [0.25, 0.3) is 0 Å². The van der Waals surface area contributed by atoms with Crippen LogP contribution in [0.1, 0.15) is 6.92 Å². The van der Waals surface area contributed by atoms with E-state index in [1.54, 1.807) is 6.92 Å². The summed E-state index contributed by atoms with van der Waals surface area (Å²) in [4.78, 5) is 0. The fourth-order valence-electron chi connectivity index (χ4n) is 0.156. The quantitative estimate of drug-likeness (QED) is 0.391. The van der Waals surface area contributed by atoms with Gasteiger partial charge in [-0.3, -0.25) is 5.41 Å². The third-order valence-corrected chi connectivity index (χ3v) is 0.300. The molecule has 3 nitrogen and oxygen atoms in total. The van der Waals surface area contributed by atoms with Gasteiger partial charge >= 0.3 is 0 Å². The Labute approximate surface area is 48.8 Å². The fourth-order valence-corrected chi connectivity index (χ4v) is 0.156. The van der Waals surface area contributed by atoms with E-state index in [1.165, 1.54) is 0 Å². The summed E-state index contributed by atoms with van der Waals surface area (Å²) in [5.41, 5.74) is 4.76. The third kappa shape index (κ3) is 10.8. The predicted octanol–water partition coefficient (Wildman–Crippen LogP) is 0.338. The summed E-state index contributed by atoms with van der Waals surface area (Å²) in [6.07, 6.45) is 0. The molecule has 0 heterocycles. The first kappa shape index (κ1) is 9.75. The first-order valence-electron chi connectivity index (χ1n) is 1.74. The molecule has 0 rings (SSSR count). The van der Waals surface area contributed by atoms with E-state index in [0.29, 0.717) is 6.61 Å². The van der Waals surface area contributed by atoms with Gasteiger partial charge in [0.25, 0.3) is 6.02 Å². The Morgan fingerprint density at radius 2 is 2.29 bits per heavy atom. The van der Waals surface area contributed by atoms with Gasteiger partial charge < -0.3 is 10.5 Å². The molecule has 0 aromatic heterocycles. The van der Waals surface area contributed by atoms with Crippen LogP contribution in [0, 0.1) is 5.41 Å². The molecule has 0 fully saturated rings. The van der Waals surface area contributed by atoms with Crippen LogP contribution >= 0.6 is 12.4 Å². The Morgan fingerprint density at radius 1 is 1.86 bits per heavy atom. The lowest BCUT2D eigenvalue weighted by atomic mass is 10.9. The van der Waals surface area contributed by atoms with Crippen molar-refractivity contribution in [1.82, 2.24) is 0 Å². The Kier molecular flexibility index (Phi) is 7.75. The van der Waals surface area contributed by atoms with Crippen LogP contribution in [0.2, 0.25) is 0 Å². The van der Waals surface area contributed by atoms with Gasteiger partial charge in [0.05, 0.1) is 6.61 Å². The minimum absolute atomic E-state index is 0. The molecule has 44 valence electrons. The van der Waals surface area contributed by atoms with Crippen LogP contribution in [-0.2, 0) is 4.74 Å². The highest BCUT2D eigenvalue weighted by atomic mass is 35.5. The normalized spacial score (nSPS) is 6.43. The SMILES string of the molecule is CCOC(=N)N.Cl. The Bertz CT molecular complexity index is 56.9. The number of ether oxygens (including phenoxy) is 1. The van der Waals surface area contributed by atoms with Gasteiger partial charge in [0, 0.05) is 0 Å². The van der Waals surface area contributed by atoms with Crippen LogP contribution in [0.4, 0.5) is 0 Å². The average molecular weight is 125 g/mol. The zero-order valence-electron chi connectivity index (χ0n) is 4.10. The summed E-state index contributed by atoms with van der Waals surface area (Å²) in [5.74, 6) is 0. The monoisotopic (exact) mass is 124 g/mol. The number of nitrogens with one attached hydrogen (secondary N) is 1. The van der Waals surface area contributed by atoms with Crippen molar-refractivity contribution in [2.45, 2.75) is 6.92 Å². The average Bonchev–Trinajstić information content (AvgIpc) is 1.35. The molecule has 0 amide bonds. The van der Waals surface area contributed by atoms with Gasteiger partial charge in [-0.05, 0) is 6.92 Å². The maximum Gasteiger partial charge on any atom is 0.278 e. The highest BCUT2D eigenvalue weighted by Crippen LogP contribution is 1.63. The zero-order chi connectivity index (χ0) is 4.99. The van der Waals surface area contributed by atoms with Crippen molar-refractivity contribution in [2.24, 2.45) is 5.73 Å². The summed E-state index contributed by atoms with van der Waals surface area (Å²) in [7, 11) is 0. The van der Waals surface area contributed by atoms with Crippen LogP contribution in [0.3, 0.4) is 0 Å². The maximum atomic E-state index is 6.45. The van der Waals surface area contributed by atoms with E-state index >= 15 is 0 Å². The molecule has 0 aliphatic carbocycles. The molecule has 0 aromatic carbocycles. The fraction of sp³-hybridized carbons (Fsp3) is 0.667. The lowest BCUT2D eigenvalue weighted by Gasteiger charge is -1.92. The van der Waals surface area contributed by atoms with E-state index in [-0.39, 0.29) is 18.4 Å². The minimum Gasteiger partial charge on any atom is -0.466 e. The smallest absolute Gasteiger partial charge is 0.278 e. The second-order valence-corrected chi connectivity index (χ2v) is 0.797. The molecule has 0 saturated carbocycles. The van der Waals surface area contributed by atoms with Gasteiger partial charge in [0.15, 0.2) is 0 Å². The van der Waals surface area contributed by atoms with E-state index < -0.39 is 0 Å². The highest BCUT2D eigenvalue weighted by molar-refractivity contribution is 5.85. The molecule has 0 unspecified atom stereocenters. The van der Waals surface area contributed by atoms with Crippen molar-refractivity contribution >= 4 is 18.4 Å². The molecule has 3 N–H and O–H groups in total. The molecule has 0 radical (unpaired) electrons. The van der Waals surface area contributed by atoms with Crippen molar-refractivity contribution in [3.63, 3.8) is 0 Å². The van der Waals surface area contributed by atoms with E-state index in [4.69, 9.17) is 11.1 Å². The van der Waals surface area contributed by atoms with Gasteiger partial charge in [0.2, 0.25) is 0 Å². The van der Waals surface area contributed by atoms with Gasteiger partial charge in [-0.15, -0.1) is 12.4 Å². The van der Waals surface area contributed by atoms with E-state index in [9.17, 15) is 0 Å². The minimum atomic E-state index is -0.211. The van der Waals surface area contributed by atoms with E-state index in [1.807, 2.05) is 0 Å². The Hall–Kier alpha value is -0.440. The summed E-state index contributed by atoms with van der Waals surface area (Å²) in [5, 5.41) is 6.45. The zero-order valence-corrected chi connectivity index (χ0v) is 4.92. The van der Waals surface area contributed by atoms with Crippen molar-refractivity contribution < 1.29 is 4.74 Å². The van der Waals surface area contributed by atoms with Gasteiger partial charge in [-0.2, -0.15) is 0 Å². The molecule has 4 heteroatoms. The summed E-state index contributed by atoms with van der Waals surface area (Å²) in [6.45, 7) is 2.26. The second kappa shape index (κ2) is 5.56. The molecule has 0 saturated heterocycles. The first-order valence-corrected chi connectivity index (χ1v) is 1.74. The topological polar surface area (TPSA) is 59.1 Å². The number of nitrogens with two attached hydrogens (primary N) is 1. The molecule has 0 atom stereocenters. The number of amidine groups is 1. The predicted molar refractivity (Wildman–Crippen MR) is 30.8 cm³/mol. The first-order chi connectivity index (χ1) is 2.77. The standard InChI is InChI=1S/C3H8N2O.ClH/c1-2-6-3(4)5;/h2H2,1H3,(H3,4,5);1H. The molecule has 0 aliphatic heterocycles. The molecule has 0 spiro atoms. The molecule has 0 aromatic rings. The van der Waals surface area contributed by atoms with Crippen molar-refractivity contribution in [2.75, 3.05) is 6.61 Å². The number of hydrogen-bond acceptors (Lipinski definition) is 2. The van der Waals surface area contributed by atoms with Gasteiger partial charge in [-0.25, -0.2) is 0 Å². The Morgan fingerprint density at radius 3 is 2.29 bits per heavy atom. The molecule has 7 heavy (non-hydrogen) atoms. The van der Waals surface area contributed by atoms with Gasteiger partial charge in [-0.1, -0.05) is 0 Å². The largest absolute Gasteiger partial charge is 0.466 e. The van der Waals surface area contributed by atoms with Crippen molar-refractivity contribution in [3.8, 4) is 0 Å². The Balaban J connectivity index is 0. The second-order valence-electron chi connectivity index (χ2n) is 0.797.